The van der Waals surface area contributed by atoms with Crippen molar-refractivity contribution in [2.75, 3.05) is 58.3 Å². The third kappa shape index (κ3) is 7.20. The van der Waals surface area contributed by atoms with Gasteiger partial charge in [0.05, 0.1) is 5.69 Å². The second-order valence-corrected chi connectivity index (χ2v) is 5.00. The van der Waals surface area contributed by atoms with Gasteiger partial charge >= 0.3 is 0 Å². The first-order valence-electron chi connectivity index (χ1n) is 6.69. The van der Waals surface area contributed by atoms with E-state index in [2.05, 4.69) is 10.2 Å². The SMILES string of the molecule is CN(C)CCOc1cc(F)ccc1N1CCNCC1.Cl.Cl.Cl. The highest BCUT2D eigenvalue weighted by molar-refractivity contribution is 5.86. The van der Waals surface area contributed by atoms with Crippen LogP contribution >= 0.6 is 37.2 Å². The lowest BCUT2D eigenvalue weighted by Gasteiger charge is -2.30. The Hall–Kier alpha value is -0.460. The molecule has 2 rings (SSSR count). The minimum atomic E-state index is -0.251. The first kappa shape index (κ1) is 23.8. The summed E-state index contributed by atoms with van der Waals surface area (Å²) in [4.78, 5) is 4.28. The number of ether oxygens (including phenoxy) is 1. The van der Waals surface area contributed by atoms with Gasteiger partial charge in [-0.05, 0) is 26.2 Å². The van der Waals surface area contributed by atoms with Crippen molar-refractivity contribution < 1.29 is 9.13 Å². The zero-order valence-corrected chi connectivity index (χ0v) is 15.3. The molecule has 0 unspecified atom stereocenters. The van der Waals surface area contributed by atoms with Gasteiger partial charge in [-0.2, -0.15) is 0 Å². The summed E-state index contributed by atoms with van der Waals surface area (Å²) in [6, 6.07) is 4.79. The molecular weight excluding hydrogens is 352 g/mol. The van der Waals surface area contributed by atoms with Gasteiger partial charge in [-0.25, -0.2) is 4.39 Å². The van der Waals surface area contributed by atoms with E-state index in [-0.39, 0.29) is 43.0 Å². The van der Waals surface area contributed by atoms with Crippen molar-refractivity contribution in [1.82, 2.24) is 10.2 Å². The van der Waals surface area contributed by atoms with Gasteiger partial charge in [-0.1, -0.05) is 0 Å². The Morgan fingerprint density at radius 2 is 1.82 bits per heavy atom. The molecule has 1 aliphatic rings. The van der Waals surface area contributed by atoms with Crippen LogP contribution in [0.5, 0.6) is 5.75 Å². The van der Waals surface area contributed by atoms with Gasteiger partial charge in [0.1, 0.15) is 18.2 Å². The van der Waals surface area contributed by atoms with Crippen molar-refractivity contribution in [2.45, 2.75) is 0 Å². The molecule has 1 aromatic carbocycles. The quantitative estimate of drug-likeness (QED) is 0.854. The van der Waals surface area contributed by atoms with Crippen molar-refractivity contribution in [3.8, 4) is 5.75 Å². The van der Waals surface area contributed by atoms with Crippen LogP contribution < -0.4 is 15.0 Å². The maximum Gasteiger partial charge on any atom is 0.145 e. The number of benzene rings is 1. The Kier molecular flexibility index (Phi) is 13.0. The standard InChI is InChI=1S/C14H22FN3O.3ClH/c1-17(2)9-10-19-14-11-12(15)3-4-13(14)18-7-5-16-6-8-18;;;/h3-4,11,16H,5-10H2,1-2H3;3*1H. The molecule has 0 bridgehead atoms. The van der Waals surface area contributed by atoms with Gasteiger partial charge in [0.2, 0.25) is 0 Å². The molecule has 1 N–H and O–H groups in total. The van der Waals surface area contributed by atoms with Crippen molar-refractivity contribution in [1.29, 1.82) is 0 Å². The molecule has 0 aliphatic carbocycles. The van der Waals surface area contributed by atoms with Crippen LogP contribution in [0.15, 0.2) is 18.2 Å². The fraction of sp³-hybridized carbons (Fsp3) is 0.571. The van der Waals surface area contributed by atoms with E-state index in [1.54, 1.807) is 0 Å². The van der Waals surface area contributed by atoms with E-state index in [0.29, 0.717) is 12.4 Å². The first-order valence-corrected chi connectivity index (χ1v) is 6.69. The van der Waals surface area contributed by atoms with Crippen LogP contribution in [0.4, 0.5) is 10.1 Å². The summed E-state index contributed by atoms with van der Waals surface area (Å²) in [5.41, 5.74) is 0.988. The maximum atomic E-state index is 13.4. The maximum absolute atomic E-state index is 13.4. The molecule has 1 saturated heterocycles. The van der Waals surface area contributed by atoms with Crippen molar-refractivity contribution in [3.05, 3.63) is 24.0 Å². The third-order valence-electron chi connectivity index (χ3n) is 3.18. The zero-order valence-electron chi connectivity index (χ0n) is 12.9. The van der Waals surface area contributed by atoms with Gasteiger partial charge in [-0.3, -0.25) is 0 Å². The highest BCUT2D eigenvalue weighted by Gasteiger charge is 2.15. The molecule has 0 radical (unpaired) electrons. The summed E-state index contributed by atoms with van der Waals surface area (Å²) in [5, 5.41) is 3.31. The normalized spacial score (nSPS) is 13.7. The molecule has 1 heterocycles. The fourth-order valence-corrected chi connectivity index (χ4v) is 2.11. The fourth-order valence-electron chi connectivity index (χ4n) is 2.11. The Morgan fingerprint density at radius 3 is 2.41 bits per heavy atom. The highest BCUT2D eigenvalue weighted by atomic mass is 35.5. The zero-order chi connectivity index (χ0) is 13.7. The molecule has 0 spiro atoms. The summed E-state index contributed by atoms with van der Waals surface area (Å²) in [5.74, 6) is 0.391. The number of nitrogens with one attached hydrogen (secondary N) is 1. The number of nitrogens with zero attached hydrogens (tertiary/aromatic N) is 2. The molecule has 22 heavy (non-hydrogen) atoms. The number of anilines is 1. The minimum absolute atomic E-state index is 0. The van der Waals surface area contributed by atoms with Gasteiger partial charge < -0.3 is 19.9 Å². The first-order chi connectivity index (χ1) is 9.16. The number of likely N-dealkylation sites (N-methyl/N-ethyl adjacent to an activating group) is 1. The predicted molar refractivity (Wildman–Crippen MR) is 97.3 cm³/mol. The van der Waals surface area contributed by atoms with Gasteiger partial charge in [0.15, 0.2) is 0 Å². The summed E-state index contributed by atoms with van der Waals surface area (Å²) < 4.78 is 19.1. The largest absolute Gasteiger partial charge is 0.490 e. The topological polar surface area (TPSA) is 27.7 Å². The van der Waals surface area contributed by atoms with E-state index in [4.69, 9.17) is 4.74 Å². The highest BCUT2D eigenvalue weighted by Crippen LogP contribution is 2.29. The minimum Gasteiger partial charge on any atom is -0.490 e. The monoisotopic (exact) mass is 375 g/mol. The summed E-state index contributed by atoms with van der Waals surface area (Å²) in [7, 11) is 3.98. The van der Waals surface area contributed by atoms with Crippen molar-refractivity contribution in [2.24, 2.45) is 0 Å². The van der Waals surface area contributed by atoms with Crippen LogP contribution in [0.2, 0.25) is 0 Å². The van der Waals surface area contributed by atoms with Crippen LogP contribution in [-0.2, 0) is 0 Å². The van der Waals surface area contributed by atoms with E-state index >= 15 is 0 Å². The van der Waals surface area contributed by atoms with E-state index in [9.17, 15) is 4.39 Å². The van der Waals surface area contributed by atoms with Crippen LogP contribution in [0.3, 0.4) is 0 Å². The molecular formula is C14H25Cl3FN3O. The van der Waals surface area contributed by atoms with Crippen molar-refractivity contribution in [3.63, 3.8) is 0 Å². The molecule has 1 aliphatic heterocycles. The summed E-state index contributed by atoms with van der Waals surface area (Å²) in [6.07, 6.45) is 0. The van der Waals surface area contributed by atoms with Gasteiger partial charge in [0, 0.05) is 38.8 Å². The number of halogens is 4. The molecule has 0 aromatic heterocycles. The lowest BCUT2D eigenvalue weighted by molar-refractivity contribution is 0.260. The lowest BCUT2D eigenvalue weighted by Crippen LogP contribution is -2.43. The predicted octanol–water partition coefficient (Wildman–Crippen LogP) is 2.44. The van der Waals surface area contributed by atoms with E-state index in [1.807, 2.05) is 25.1 Å². The Balaban J connectivity index is 0. The second-order valence-electron chi connectivity index (χ2n) is 5.00. The van der Waals surface area contributed by atoms with Crippen LogP contribution in [0, 0.1) is 5.82 Å². The molecule has 1 fully saturated rings. The molecule has 4 nitrogen and oxygen atoms in total. The molecule has 130 valence electrons. The van der Waals surface area contributed by atoms with Crippen LogP contribution in [-0.4, -0.2) is 58.3 Å². The average molecular weight is 377 g/mol. The molecule has 0 amide bonds. The summed E-state index contributed by atoms with van der Waals surface area (Å²) >= 11 is 0. The number of hydrogen-bond acceptors (Lipinski definition) is 4. The third-order valence-corrected chi connectivity index (χ3v) is 3.18. The van der Waals surface area contributed by atoms with E-state index < -0.39 is 0 Å². The van der Waals surface area contributed by atoms with Crippen LogP contribution in [0.1, 0.15) is 0 Å². The Morgan fingerprint density at radius 1 is 1.18 bits per heavy atom. The average Bonchev–Trinajstić information content (AvgIpc) is 2.39. The van der Waals surface area contributed by atoms with Crippen molar-refractivity contribution >= 4 is 42.9 Å². The smallest absolute Gasteiger partial charge is 0.145 e. The summed E-state index contributed by atoms with van der Waals surface area (Å²) in [6.45, 7) is 5.14. The number of rotatable bonds is 5. The second kappa shape index (κ2) is 12.0. The van der Waals surface area contributed by atoms with E-state index in [0.717, 1.165) is 38.4 Å². The van der Waals surface area contributed by atoms with Gasteiger partial charge in [-0.15, -0.1) is 37.2 Å². The molecule has 1 aromatic rings. The van der Waals surface area contributed by atoms with Crippen LogP contribution in [0.25, 0.3) is 0 Å². The Labute approximate surface area is 150 Å². The number of piperazine rings is 1. The molecule has 8 heteroatoms. The number of hydrogen-bond donors (Lipinski definition) is 1. The molecule has 0 atom stereocenters. The molecule has 0 saturated carbocycles. The Bertz CT molecular complexity index is 418. The lowest BCUT2D eigenvalue weighted by atomic mass is 10.2. The van der Waals surface area contributed by atoms with Gasteiger partial charge in [0.25, 0.3) is 0 Å². The van der Waals surface area contributed by atoms with E-state index in [1.165, 1.54) is 12.1 Å².